The van der Waals surface area contributed by atoms with Crippen LogP contribution >= 0.6 is 0 Å². The third-order valence-electron chi connectivity index (χ3n) is 5.37. The second-order valence-corrected chi connectivity index (χ2v) is 8.85. The second-order valence-electron chi connectivity index (χ2n) is 8.85. The summed E-state index contributed by atoms with van der Waals surface area (Å²) < 4.78 is 0. The minimum Gasteiger partial charge on any atom is -0.390 e. The lowest BCUT2D eigenvalue weighted by Crippen LogP contribution is -2.24. The van der Waals surface area contributed by atoms with Crippen molar-refractivity contribution in [3.05, 3.63) is 108 Å². The lowest BCUT2D eigenvalue weighted by Gasteiger charge is -2.23. The van der Waals surface area contributed by atoms with E-state index in [1.807, 2.05) is 99.6 Å². The van der Waals surface area contributed by atoms with E-state index in [9.17, 15) is 9.90 Å². The molecular weight excluding hydrogens is 406 g/mol. The molecule has 0 atom stereocenters. The number of benzene rings is 3. The summed E-state index contributed by atoms with van der Waals surface area (Å²) in [5.74, 6) is 0.0862. The highest BCUT2D eigenvalue weighted by molar-refractivity contribution is 6.12. The van der Waals surface area contributed by atoms with Gasteiger partial charge in [-0.1, -0.05) is 78.9 Å². The third kappa shape index (κ3) is 8.03. The molecule has 1 N–H and O–H groups in total. The smallest absolute Gasteiger partial charge is 0.195 e. The van der Waals surface area contributed by atoms with Gasteiger partial charge in [0, 0.05) is 36.3 Å². The van der Waals surface area contributed by atoms with E-state index in [2.05, 4.69) is 25.3 Å². The van der Waals surface area contributed by atoms with Gasteiger partial charge in [-0.05, 0) is 57.9 Å². The van der Waals surface area contributed by atoms with E-state index in [-0.39, 0.29) is 5.78 Å². The third-order valence-corrected chi connectivity index (χ3v) is 5.37. The van der Waals surface area contributed by atoms with Crippen LogP contribution in [0.3, 0.4) is 0 Å². The fraction of sp³-hybridized carbons (Fsp3) is 0.300. The molecule has 0 amide bonds. The van der Waals surface area contributed by atoms with E-state index in [0.29, 0.717) is 6.42 Å². The van der Waals surface area contributed by atoms with Gasteiger partial charge in [-0.3, -0.25) is 4.79 Å². The van der Waals surface area contributed by atoms with E-state index in [1.54, 1.807) is 0 Å². The first kappa shape index (κ1) is 26.1. The van der Waals surface area contributed by atoms with Crippen molar-refractivity contribution in [1.82, 2.24) is 0 Å². The number of ketones is 1. The number of allylic oxidation sites excluding steroid dienone is 1. The molecule has 0 heterocycles. The molecular formula is C30H37NO2. The summed E-state index contributed by atoms with van der Waals surface area (Å²) in [5.41, 5.74) is 5.28. The van der Waals surface area contributed by atoms with E-state index in [4.69, 9.17) is 0 Å². The molecule has 3 heteroatoms. The minimum atomic E-state index is -0.634. The fourth-order valence-electron chi connectivity index (χ4n) is 3.66. The summed E-state index contributed by atoms with van der Waals surface area (Å²) >= 11 is 0. The van der Waals surface area contributed by atoms with E-state index < -0.39 is 5.60 Å². The van der Waals surface area contributed by atoms with Crippen molar-refractivity contribution in [2.24, 2.45) is 0 Å². The molecule has 0 fully saturated rings. The van der Waals surface area contributed by atoms with Crippen molar-refractivity contribution in [3.8, 4) is 0 Å². The largest absolute Gasteiger partial charge is 0.390 e. The molecule has 0 bridgehead atoms. The lowest BCUT2D eigenvalue weighted by molar-refractivity contribution is 0.0810. The highest BCUT2D eigenvalue weighted by Crippen LogP contribution is 2.23. The van der Waals surface area contributed by atoms with Crippen LogP contribution in [-0.2, 0) is 6.42 Å². The van der Waals surface area contributed by atoms with Gasteiger partial charge in [-0.15, -0.1) is 0 Å². The standard InChI is InChI=1S/C17H19NO.C13H18O/c1-3-18(4-2)16-13-9-8-12-15(16)17(19)14-10-6-5-7-11-14;1-10(2)12-7-5-11(6-8-12)9-13(3,4)14/h5-13H,3-4H2,1-2H3;5-8,14H,1,9H2,2-4H3. The molecule has 0 spiro atoms. The summed E-state index contributed by atoms with van der Waals surface area (Å²) in [6.07, 6.45) is 0.684. The number of rotatable bonds is 8. The molecule has 3 aromatic carbocycles. The predicted molar refractivity (Wildman–Crippen MR) is 141 cm³/mol. The van der Waals surface area contributed by atoms with Gasteiger partial charge < -0.3 is 10.0 Å². The number of anilines is 1. The summed E-state index contributed by atoms with van der Waals surface area (Å²) in [4.78, 5) is 14.8. The fourth-order valence-corrected chi connectivity index (χ4v) is 3.66. The molecule has 0 unspecified atom stereocenters. The van der Waals surface area contributed by atoms with Gasteiger partial charge in [0.25, 0.3) is 0 Å². The highest BCUT2D eigenvalue weighted by atomic mass is 16.3. The number of carbonyl (C=O) groups excluding carboxylic acids is 1. The second kappa shape index (κ2) is 12.2. The Bertz CT molecular complexity index is 1030. The summed E-state index contributed by atoms with van der Waals surface area (Å²) in [6, 6.07) is 25.4. The number of hydrogen-bond acceptors (Lipinski definition) is 3. The number of para-hydroxylation sites is 1. The van der Waals surface area contributed by atoms with Crippen molar-refractivity contribution < 1.29 is 9.90 Å². The van der Waals surface area contributed by atoms with Crippen LogP contribution in [0, 0.1) is 0 Å². The molecule has 0 aromatic heterocycles. The number of hydrogen-bond donors (Lipinski definition) is 1. The van der Waals surface area contributed by atoms with Gasteiger partial charge in [0.2, 0.25) is 0 Å². The predicted octanol–water partition coefficient (Wildman–Crippen LogP) is 6.80. The SMILES string of the molecule is C=C(C)c1ccc(CC(C)(C)O)cc1.CCN(CC)c1ccccc1C(=O)c1ccccc1. The summed E-state index contributed by atoms with van der Waals surface area (Å²) in [7, 11) is 0. The highest BCUT2D eigenvalue weighted by Gasteiger charge is 2.15. The Labute approximate surface area is 199 Å². The zero-order valence-corrected chi connectivity index (χ0v) is 20.6. The monoisotopic (exact) mass is 443 g/mol. The molecule has 0 aliphatic heterocycles. The first-order valence-corrected chi connectivity index (χ1v) is 11.6. The Morgan fingerprint density at radius 3 is 1.91 bits per heavy atom. The maximum absolute atomic E-state index is 12.6. The van der Waals surface area contributed by atoms with Crippen LogP contribution in [0.25, 0.3) is 5.57 Å². The average Bonchev–Trinajstić information content (AvgIpc) is 2.80. The quantitative estimate of drug-likeness (QED) is 0.389. The lowest BCUT2D eigenvalue weighted by atomic mass is 9.97. The van der Waals surface area contributed by atoms with Crippen molar-refractivity contribution in [3.63, 3.8) is 0 Å². The Hall–Kier alpha value is -3.17. The molecule has 0 saturated carbocycles. The Kier molecular flexibility index (Phi) is 9.62. The maximum Gasteiger partial charge on any atom is 0.195 e. The van der Waals surface area contributed by atoms with Gasteiger partial charge >= 0.3 is 0 Å². The average molecular weight is 444 g/mol. The number of nitrogens with zero attached hydrogens (tertiary/aromatic N) is 1. The van der Waals surface area contributed by atoms with Crippen LogP contribution in [0.1, 0.15) is 61.7 Å². The summed E-state index contributed by atoms with van der Waals surface area (Å²) in [5, 5.41) is 9.63. The molecule has 3 rings (SSSR count). The van der Waals surface area contributed by atoms with Crippen LogP contribution in [0.4, 0.5) is 5.69 Å². The molecule has 0 aliphatic carbocycles. The van der Waals surface area contributed by atoms with Crippen LogP contribution < -0.4 is 4.90 Å². The topological polar surface area (TPSA) is 40.5 Å². The Morgan fingerprint density at radius 2 is 1.39 bits per heavy atom. The normalized spacial score (nSPS) is 10.7. The van der Waals surface area contributed by atoms with Crippen LogP contribution in [0.15, 0.2) is 85.4 Å². The Balaban J connectivity index is 0.000000245. The van der Waals surface area contributed by atoms with Crippen molar-refractivity contribution in [1.29, 1.82) is 0 Å². The minimum absolute atomic E-state index is 0.0862. The van der Waals surface area contributed by atoms with Crippen LogP contribution in [0.5, 0.6) is 0 Å². The van der Waals surface area contributed by atoms with Gasteiger partial charge in [0.05, 0.1) is 5.60 Å². The first-order valence-electron chi connectivity index (χ1n) is 11.6. The van der Waals surface area contributed by atoms with Crippen molar-refractivity contribution in [2.45, 2.75) is 46.6 Å². The van der Waals surface area contributed by atoms with Crippen molar-refractivity contribution in [2.75, 3.05) is 18.0 Å². The first-order chi connectivity index (χ1) is 15.7. The van der Waals surface area contributed by atoms with E-state index >= 15 is 0 Å². The van der Waals surface area contributed by atoms with Gasteiger partial charge in [-0.25, -0.2) is 0 Å². The molecule has 0 aliphatic rings. The molecule has 0 radical (unpaired) electrons. The zero-order chi connectivity index (χ0) is 24.4. The number of aliphatic hydroxyl groups is 1. The van der Waals surface area contributed by atoms with Gasteiger partial charge in [0.15, 0.2) is 5.78 Å². The Morgan fingerprint density at radius 1 is 0.848 bits per heavy atom. The maximum atomic E-state index is 12.6. The van der Waals surface area contributed by atoms with Gasteiger partial charge in [0.1, 0.15) is 0 Å². The molecule has 33 heavy (non-hydrogen) atoms. The molecule has 174 valence electrons. The summed E-state index contributed by atoms with van der Waals surface area (Å²) in [6.45, 7) is 15.5. The van der Waals surface area contributed by atoms with E-state index in [0.717, 1.165) is 46.6 Å². The zero-order valence-electron chi connectivity index (χ0n) is 20.6. The van der Waals surface area contributed by atoms with E-state index in [1.165, 1.54) is 0 Å². The van der Waals surface area contributed by atoms with Gasteiger partial charge in [-0.2, -0.15) is 0 Å². The number of carbonyl (C=O) groups is 1. The molecule has 0 saturated heterocycles. The molecule has 3 nitrogen and oxygen atoms in total. The van der Waals surface area contributed by atoms with Crippen LogP contribution in [0.2, 0.25) is 0 Å². The molecule has 3 aromatic rings. The van der Waals surface area contributed by atoms with Crippen molar-refractivity contribution >= 4 is 17.0 Å². The van der Waals surface area contributed by atoms with Crippen LogP contribution in [-0.4, -0.2) is 29.6 Å².